The number of benzene rings is 1. The Morgan fingerprint density at radius 2 is 1.91 bits per heavy atom. The molecule has 2 N–H and O–H groups in total. The Kier molecular flexibility index (Phi) is 5.26. The Hall–Kier alpha value is -2.08. The van der Waals surface area contributed by atoms with Crippen molar-refractivity contribution in [3.05, 3.63) is 35.9 Å². The number of aliphatic carboxylic acids is 1. The van der Waals surface area contributed by atoms with E-state index in [2.05, 4.69) is 5.32 Å². The highest BCUT2D eigenvalue weighted by Gasteiger charge is 2.39. The van der Waals surface area contributed by atoms with Gasteiger partial charge >= 0.3 is 12.1 Å². The van der Waals surface area contributed by atoms with Crippen molar-refractivity contribution in [1.29, 1.82) is 0 Å². The summed E-state index contributed by atoms with van der Waals surface area (Å²) < 4.78 is 5.22. The van der Waals surface area contributed by atoms with Crippen LogP contribution in [-0.2, 0) is 16.1 Å². The molecule has 0 bridgehead atoms. The molecule has 0 aromatic heterocycles. The van der Waals surface area contributed by atoms with Crippen LogP contribution >= 0.6 is 0 Å². The molecule has 0 radical (unpaired) electrons. The fourth-order valence-electron chi connectivity index (χ4n) is 2.71. The van der Waals surface area contributed by atoms with Gasteiger partial charge in [-0.1, -0.05) is 30.3 Å². The van der Waals surface area contributed by atoms with Gasteiger partial charge in [0.2, 0.25) is 0 Å². The number of carbonyl (C=O) groups excluding carboxylic acids is 1. The second kappa shape index (κ2) is 7.00. The molecule has 0 saturated carbocycles. The van der Waals surface area contributed by atoms with Crippen LogP contribution in [0.5, 0.6) is 0 Å². The zero-order chi connectivity index (χ0) is 17.0. The summed E-state index contributed by atoms with van der Waals surface area (Å²) in [5, 5.41) is 12.1. The lowest BCUT2D eigenvalue weighted by Crippen LogP contribution is -2.45. The van der Waals surface area contributed by atoms with Crippen molar-refractivity contribution in [2.45, 2.75) is 39.0 Å². The highest BCUT2D eigenvalue weighted by molar-refractivity contribution is 5.74. The maximum Gasteiger partial charge on any atom is 0.407 e. The molecule has 1 saturated heterocycles. The number of nitrogens with zero attached hydrogens (tertiary/aromatic N) is 1. The van der Waals surface area contributed by atoms with Crippen molar-refractivity contribution in [3.8, 4) is 0 Å². The van der Waals surface area contributed by atoms with E-state index in [1.54, 1.807) is 20.8 Å². The molecule has 23 heavy (non-hydrogen) atoms. The Morgan fingerprint density at radius 1 is 1.26 bits per heavy atom. The van der Waals surface area contributed by atoms with Crippen molar-refractivity contribution in [1.82, 2.24) is 10.2 Å². The van der Waals surface area contributed by atoms with Gasteiger partial charge in [0.05, 0.1) is 12.0 Å². The number of hydrogen-bond donors (Lipinski definition) is 2. The van der Waals surface area contributed by atoms with E-state index in [0.29, 0.717) is 19.6 Å². The fraction of sp³-hybridized carbons (Fsp3) is 0.529. The number of amides is 1. The Bertz CT molecular complexity index is 553. The summed E-state index contributed by atoms with van der Waals surface area (Å²) in [4.78, 5) is 25.4. The molecule has 1 aromatic carbocycles. The quantitative estimate of drug-likeness (QED) is 0.888. The number of ether oxygens (including phenoxy) is 1. The minimum Gasteiger partial charge on any atom is -0.481 e. The van der Waals surface area contributed by atoms with Gasteiger partial charge in [0.15, 0.2) is 0 Å². The molecule has 1 aliphatic rings. The lowest BCUT2D eigenvalue weighted by molar-refractivity contribution is -0.141. The maximum absolute atomic E-state index is 11.9. The lowest BCUT2D eigenvalue weighted by Gasteiger charge is -2.23. The third kappa shape index (κ3) is 5.25. The summed E-state index contributed by atoms with van der Waals surface area (Å²) in [5.74, 6) is -1.53. The summed E-state index contributed by atoms with van der Waals surface area (Å²) >= 11 is 0. The van der Waals surface area contributed by atoms with Crippen molar-refractivity contribution >= 4 is 12.1 Å². The predicted molar refractivity (Wildman–Crippen MR) is 86.0 cm³/mol. The van der Waals surface area contributed by atoms with Crippen LogP contribution < -0.4 is 5.32 Å². The van der Waals surface area contributed by atoms with Crippen molar-refractivity contribution in [2.75, 3.05) is 13.1 Å². The third-order valence-electron chi connectivity index (χ3n) is 3.66. The number of likely N-dealkylation sites (tertiary alicyclic amines) is 1. The van der Waals surface area contributed by atoms with Crippen LogP contribution in [0, 0.1) is 5.92 Å². The van der Waals surface area contributed by atoms with Gasteiger partial charge in [-0.2, -0.15) is 0 Å². The standard InChI is InChI=1S/C17H24N2O4/c1-17(2,3)23-16(22)18-14-11-19(10-13(14)15(20)21)9-12-7-5-4-6-8-12/h4-8,13-14H,9-11H2,1-3H3,(H,18,22)(H,20,21)/t13-,14-/m1/s1. The molecule has 6 heteroatoms. The molecule has 2 rings (SSSR count). The molecule has 6 nitrogen and oxygen atoms in total. The number of rotatable bonds is 4. The average Bonchev–Trinajstić information content (AvgIpc) is 2.80. The van der Waals surface area contributed by atoms with Gasteiger partial charge in [-0.15, -0.1) is 0 Å². The third-order valence-corrected chi connectivity index (χ3v) is 3.66. The van der Waals surface area contributed by atoms with Gasteiger partial charge in [-0.05, 0) is 26.3 Å². The Labute approximate surface area is 136 Å². The van der Waals surface area contributed by atoms with Crippen molar-refractivity contribution in [3.63, 3.8) is 0 Å². The van der Waals surface area contributed by atoms with Gasteiger partial charge in [0.1, 0.15) is 5.60 Å². The molecule has 1 heterocycles. The monoisotopic (exact) mass is 320 g/mol. The minimum absolute atomic E-state index is 0.407. The topological polar surface area (TPSA) is 78.9 Å². The second-order valence-electron chi connectivity index (χ2n) is 6.88. The van der Waals surface area contributed by atoms with Gasteiger partial charge in [0.25, 0.3) is 0 Å². The largest absolute Gasteiger partial charge is 0.481 e. The van der Waals surface area contributed by atoms with Crippen LogP contribution in [-0.4, -0.2) is 46.8 Å². The first-order valence-corrected chi connectivity index (χ1v) is 7.73. The predicted octanol–water partition coefficient (Wildman–Crippen LogP) is 2.10. The molecule has 1 aromatic rings. The van der Waals surface area contributed by atoms with E-state index in [9.17, 15) is 14.7 Å². The first kappa shape index (κ1) is 17.3. The first-order chi connectivity index (χ1) is 10.7. The van der Waals surface area contributed by atoms with Gasteiger partial charge in [-0.3, -0.25) is 9.69 Å². The Balaban J connectivity index is 1.98. The van der Waals surface area contributed by atoms with Gasteiger partial charge < -0.3 is 15.2 Å². The SMILES string of the molecule is CC(C)(C)OC(=O)N[C@@H]1CN(Cc2ccccc2)C[C@H]1C(=O)O. The molecular weight excluding hydrogens is 296 g/mol. The number of carboxylic acids is 1. The summed E-state index contributed by atoms with van der Waals surface area (Å²) in [6.45, 7) is 6.89. The van der Waals surface area contributed by atoms with Crippen LogP contribution in [0.15, 0.2) is 30.3 Å². The van der Waals surface area contributed by atoms with Crippen molar-refractivity contribution < 1.29 is 19.4 Å². The van der Waals surface area contributed by atoms with E-state index in [1.165, 1.54) is 0 Å². The molecule has 1 amide bonds. The first-order valence-electron chi connectivity index (χ1n) is 7.73. The molecule has 0 spiro atoms. The number of alkyl carbamates (subject to hydrolysis) is 1. The van der Waals surface area contributed by atoms with E-state index in [4.69, 9.17) is 4.74 Å². The van der Waals surface area contributed by atoms with Crippen LogP contribution in [0.2, 0.25) is 0 Å². The van der Waals surface area contributed by atoms with Crippen molar-refractivity contribution in [2.24, 2.45) is 5.92 Å². The average molecular weight is 320 g/mol. The van der Waals surface area contributed by atoms with E-state index in [-0.39, 0.29) is 0 Å². The molecule has 0 unspecified atom stereocenters. The van der Waals surface area contributed by atoms with Crippen LogP contribution in [0.25, 0.3) is 0 Å². The van der Waals surface area contributed by atoms with Crippen LogP contribution in [0.1, 0.15) is 26.3 Å². The second-order valence-corrected chi connectivity index (χ2v) is 6.88. The number of carboxylic acid groups (broad SMARTS) is 1. The van der Waals surface area contributed by atoms with E-state index >= 15 is 0 Å². The maximum atomic E-state index is 11.9. The minimum atomic E-state index is -0.901. The lowest BCUT2D eigenvalue weighted by atomic mass is 10.0. The number of nitrogens with one attached hydrogen (secondary N) is 1. The number of carbonyl (C=O) groups is 2. The van der Waals surface area contributed by atoms with E-state index in [0.717, 1.165) is 5.56 Å². The van der Waals surface area contributed by atoms with Crippen LogP contribution in [0.4, 0.5) is 4.79 Å². The number of hydrogen-bond acceptors (Lipinski definition) is 4. The summed E-state index contributed by atoms with van der Waals surface area (Å²) in [6.07, 6.45) is -0.574. The molecule has 0 aliphatic carbocycles. The fourth-order valence-corrected chi connectivity index (χ4v) is 2.71. The van der Waals surface area contributed by atoms with E-state index in [1.807, 2.05) is 35.2 Å². The summed E-state index contributed by atoms with van der Waals surface area (Å²) in [6, 6.07) is 9.41. The van der Waals surface area contributed by atoms with E-state index < -0.39 is 29.6 Å². The Morgan fingerprint density at radius 3 is 2.48 bits per heavy atom. The zero-order valence-corrected chi connectivity index (χ0v) is 13.8. The van der Waals surface area contributed by atoms with Gasteiger partial charge in [-0.25, -0.2) is 4.79 Å². The molecule has 126 valence electrons. The molecule has 2 atom stereocenters. The zero-order valence-electron chi connectivity index (χ0n) is 13.8. The van der Waals surface area contributed by atoms with Crippen LogP contribution in [0.3, 0.4) is 0 Å². The summed E-state index contributed by atoms with van der Waals surface area (Å²) in [7, 11) is 0. The highest BCUT2D eigenvalue weighted by atomic mass is 16.6. The smallest absolute Gasteiger partial charge is 0.407 e. The normalized spacial score (nSPS) is 21.9. The molecule has 1 fully saturated rings. The van der Waals surface area contributed by atoms with Gasteiger partial charge in [0, 0.05) is 19.6 Å². The molecular formula is C17H24N2O4. The molecule has 1 aliphatic heterocycles. The highest BCUT2D eigenvalue weighted by Crippen LogP contribution is 2.20. The summed E-state index contributed by atoms with van der Waals surface area (Å²) in [5.41, 5.74) is 0.514.